The second-order valence-electron chi connectivity index (χ2n) is 2.87. The Morgan fingerprint density at radius 2 is 2.54 bits per heavy atom. The Morgan fingerprint density at radius 3 is 3.08 bits per heavy atom. The molecule has 4 heteroatoms. The molecule has 1 unspecified atom stereocenters. The Morgan fingerprint density at radius 1 is 1.85 bits per heavy atom. The van der Waals surface area contributed by atoms with Crippen molar-refractivity contribution < 1.29 is 19.3 Å². The van der Waals surface area contributed by atoms with Crippen molar-refractivity contribution in [1.29, 1.82) is 0 Å². The maximum atomic E-state index is 10.9. The van der Waals surface area contributed by atoms with Crippen molar-refractivity contribution in [3.8, 4) is 0 Å². The van der Waals surface area contributed by atoms with Gasteiger partial charge in [-0.1, -0.05) is 13.5 Å². The summed E-state index contributed by atoms with van der Waals surface area (Å²) in [6.45, 7) is 6.98. The van der Waals surface area contributed by atoms with E-state index in [2.05, 4.69) is 11.5 Å². The van der Waals surface area contributed by atoms with Gasteiger partial charge in [-0.2, -0.15) is 4.89 Å². The molecule has 1 heterocycles. The van der Waals surface area contributed by atoms with Crippen molar-refractivity contribution in [2.24, 2.45) is 0 Å². The summed E-state index contributed by atoms with van der Waals surface area (Å²) in [7, 11) is 0. The molecule has 1 atom stereocenters. The number of hydrogen-bond acceptors (Lipinski definition) is 4. The van der Waals surface area contributed by atoms with E-state index in [4.69, 9.17) is 9.62 Å². The number of rotatable bonds is 3. The molecule has 1 aliphatic rings. The third-order valence-electron chi connectivity index (χ3n) is 1.96. The van der Waals surface area contributed by atoms with Gasteiger partial charge in [0.15, 0.2) is 17.6 Å². The first-order chi connectivity index (χ1) is 6.12. The minimum Gasteiger partial charge on any atom is -0.421 e. The van der Waals surface area contributed by atoms with Crippen molar-refractivity contribution in [2.75, 3.05) is 0 Å². The van der Waals surface area contributed by atoms with Crippen molar-refractivity contribution in [3.63, 3.8) is 0 Å². The summed E-state index contributed by atoms with van der Waals surface area (Å²) in [5, 5.41) is 0. The fraction of sp³-hybridized carbons (Fsp3) is 0.444. The largest absolute Gasteiger partial charge is 0.421 e. The van der Waals surface area contributed by atoms with Crippen LogP contribution >= 0.6 is 0 Å². The van der Waals surface area contributed by atoms with Gasteiger partial charge in [0.2, 0.25) is 0 Å². The van der Waals surface area contributed by atoms with Gasteiger partial charge in [0.05, 0.1) is 0 Å². The highest BCUT2D eigenvalue weighted by atomic mass is 17.2. The molecule has 72 valence electrons. The molecule has 0 N–H and O–H groups in total. The van der Waals surface area contributed by atoms with Crippen molar-refractivity contribution >= 4 is 5.97 Å². The topological polar surface area (TPSA) is 44.8 Å². The van der Waals surface area contributed by atoms with Gasteiger partial charge in [-0.05, 0) is 13.3 Å². The average molecular weight is 184 g/mol. The van der Waals surface area contributed by atoms with Crippen LogP contribution in [0.4, 0.5) is 0 Å². The molecule has 0 aliphatic carbocycles. The van der Waals surface area contributed by atoms with Crippen LogP contribution in [0.1, 0.15) is 20.3 Å². The molecule has 0 amide bonds. The van der Waals surface area contributed by atoms with Crippen LogP contribution in [0.25, 0.3) is 0 Å². The molecule has 0 aromatic heterocycles. The lowest BCUT2D eigenvalue weighted by atomic mass is 10.0. The van der Waals surface area contributed by atoms with E-state index in [1.165, 1.54) is 6.26 Å². The van der Waals surface area contributed by atoms with E-state index in [1.54, 1.807) is 6.92 Å². The van der Waals surface area contributed by atoms with E-state index >= 15 is 0 Å². The molecule has 0 aromatic carbocycles. The highest BCUT2D eigenvalue weighted by Crippen LogP contribution is 2.31. The van der Waals surface area contributed by atoms with Crippen molar-refractivity contribution in [1.82, 2.24) is 0 Å². The summed E-state index contributed by atoms with van der Waals surface area (Å²) in [5.74, 6) is -0.139. The van der Waals surface area contributed by atoms with E-state index in [0.29, 0.717) is 12.2 Å². The minimum absolute atomic E-state index is 0.375. The molecule has 0 saturated carbocycles. The molecular formula is C9H12O4. The van der Waals surface area contributed by atoms with Crippen LogP contribution in [0.15, 0.2) is 24.7 Å². The van der Waals surface area contributed by atoms with Crippen LogP contribution in [0.2, 0.25) is 0 Å². The van der Waals surface area contributed by atoms with Crippen LogP contribution in [0.5, 0.6) is 0 Å². The first kappa shape index (κ1) is 9.80. The Kier molecular flexibility index (Phi) is 2.72. The maximum absolute atomic E-state index is 10.9. The summed E-state index contributed by atoms with van der Waals surface area (Å²) < 4.78 is 4.92. The van der Waals surface area contributed by atoms with Crippen LogP contribution in [-0.2, 0) is 19.3 Å². The van der Waals surface area contributed by atoms with Crippen LogP contribution < -0.4 is 0 Å². The van der Waals surface area contributed by atoms with Gasteiger partial charge in [-0.25, -0.2) is 4.79 Å². The molecule has 1 rings (SSSR count). The SMILES string of the molecule is C=CC(=O)OC1=COOC1(C)CC. The Labute approximate surface area is 76.7 Å². The van der Waals surface area contributed by atoms with E-state index in [0.717, 1.165) is 6.08 Å². The number of esters is 1. The Hall–Kier alpha value is -1.29. The van der Waals surface area contributed by atoms with Crippen LogP contribution in [0, 0.1) is 0 Å². The van der Waals surface area contributed by atoms with E-state index < -0.39 is 11.6 Å². The van der Waals surface area contributed by atoms with Gasteiger partial charge < -0.3 is 9.62 Å². The summed E-state index contributed by atoms with van der Waals surface area (Å²) >= 11 is 0. The lowest BCUT2D eigenvalue weighted by Crippen LogP contribution is -2.27. The Balaban J connectivity index is 2.69. The van der Waals surface area contributed by atoms with E-state index in [9.17, 15) is 4.79 Å². The number of carbonyl (C=O) groups excluding carboxylic acids is 1. The molecule has 0 radical (unpaired) electrons. The first-order valence-corrected chi connectivity index (χ1v) is 4.02. The predicted octanol–water partition coefficient (Wildman–Crippen LogP) is 1.69. The molecule has 4 nitrogen and oxygen atoms in total. The number of carbonyl (C=O) groups is 1. The summed E-state index contributed by atoms with van der Waals surface area (Å²) in [6, 6.07) is 0. The monoisotopic (exact) mass is 184 g/mol. The molecule has 0 spiro atoms. The fourth-order valence-electron chi connectivity index (χ4n) is 0.855. The third kappa shape index (κ3) is 1.89. The molecule has 13 heavy (non-hydrogen) atoms. The zero-order valence-electron chi connectivity index (χ0n) is 7.70. The molecular weight excluding hydrogens is 172 g/mol. The second kappa shape index (κ2) is 3.62. The fourth-order valence-corrected chi connectivity index (χ4v) is 0.855. The quantitative estimate of drug-likeness (QED) is 0.380. The minimum atomic E-state index is -0.668. The highest BCUT2D eigenvalue weighted by Gasteiger charge is 2.38. The van der Waals surface area contributed by atoms with Crippen LogP contribution in [0.3, 0.4) is 0 Å². The second-order valence-corrected chi connectivity index (χ2v) is 2.87. The van der Waals surface area contributed by atoms with E-state index in [1.807, 2.05) is 6.92 Å². The van der Waals surface area contributed by atoms with Gasteiger partial charge in [0.25, 0.3) is 0 Å². The lowest BCUT2D eigenvalue weighted by molar-refractivity contribution is -0.290. The van der Waals surface area contributed by atoms with Gasteiger partial charge in [-0.3, -0.25) is 0 Å². The first-order valence-electron chi connectivity index (χ1n) is 4.02. The van der Waals surface area contributed by atoms with E-state index in [-0.39, 0.29) is 0 Å². The summed E-state index contributed by atoms with van der Waals surface area (Å²) in [5.41, 5.74) is -0.668. The van der Waals surface area contributed by atoms with Gasteiger partial charge in [0.1, 0.15) is 0 Å². The molecule has 0 bridgehead atoms. The van der Waals surface area contributed by atoms with Crippen molar-refractivity contribution in [3.05, 3.63) is 24.7 Å². The Bertz CT molecular complexity index is 256. The van der Waals surface area contributed by atoms with Gasteiger partial charge >= 0.3 is 5.97 Å². The van der Waals surface area contributed by atoms with Gasteiger partial charge in [-0.15, -0.1) is 0 Å². The van der Waals surface area contributed by atoms with Crippen LogP contribution in [-0.4, -0.2) is 11.6 Å². The molecule has 0 aromatic rings. The molecule has 1 aliphatic heterocycles. The maximum Gasteiger partial charge on any atom is 0.335 e. The molecule has 0 fully saturated rings. The third-order valence-corrected chi connectivity index (χ3v) is 1.96. The average Bonchev–Trinajstić information content (AvgIpc) is 2.49. The number of ether oxygens (including phenoxy) is 1. The smallest absolute Gasteiger partial charge is 0.335 e. The van der Waals surface area contributed by atoms with Gasteiger partial charge in [0, 0.05) is 6.08 Å². The van der Waals surface area contributed by atoms with Crippen molar-refractivity contribution in [2.45, 2.75) is 25.9 Å². The molecule has 0 saturated heterocycles. The number of hydrogen-bond donors (Lipinski definition) is 0. The zero-order valence-corrected chi connectivity index (χ0v) is 7.70. The normalized spacial score (nSPS) is 26.2. The summed E-state index contributed by atoms with van der Waals surface area (Å²) in [6.07, 6.45) is 3.03. The highest BCUT2D eigenvalue weighted by molar-refractivity contribution is 5.82. The summed E-state index contributed by atoms with van der Waals surface area (Å²) in [4.78, 5) is 20.5. The predicted molar refractivity (Wildman–Crippen MR) is 45.2 cm³/mol. The lowest BCUT2D eigenvalue weighted by Gasteiger charge is -2.20. The zero-order chi connectivity index (χ0) is 9.90. The standard InChI is InChI=1S/C9H12O4/c1-4-8(10)12-7-6-11-13-9(7,3)5-2/h4,6H,1,5H2,2-3H3.